The Bertz CT molecular complexity index is 1190. The largest absolute Gasteiger partial charge is 0.548 e. The molecule has 0 aliphatic heterocycles. The smallest absolute Gasteiger partial charge is 0.239 e. The number of alkyl halides is 1. The fourth-order valence-electron chi connectivity index (χ4n) is 3.06. The van der Waals surface area contributed by atoms with E-state index in [4.69, 9.17) is 21.2 Å². The lowest BCUT2D eigenvalue weighted by Crippen LogP contribution is -2.27. The fourth-order valence-corrected chi connectivity index (χ4v) is 5.12. The summed E-state index contributed by atoms with van der Waals surface area (Å²) in [6.07, 6.45) is 3.90. The number of nitrogens with two attached hydrogens (primary N) is 1. The van der Waals surface area contributed by atoms with E-state index in [1.807, 2.05) is 13.0 Å². The number of halogens is 1. The van der Waals surface area contributed by atoms with Crippen molar-refractivity contribution in [2.75, 3.05) is 5.32 Å². The summed E-state index contributed by atoms with van der Waals surface area (Å²) < 4.78 is 47.8. The first-order valence-corrected chi connectivity index (χ1v) is 12.6. The Balaban J connectivity index is 1.97. The molecular weight excluding hydrogens is 466 g/mol. The molecule has 0 spiro atoms. The van der Waals surface area contributed by atoms with E-state index in [0.29, 0.717) is 18.1 Å². The standard InChI is InChI=1S/C18H24ClN5O5S2/c1-4-12(14-7-10(8-29-14)9(2)3)21-17-18(24-30(26)23-17)22-13-6-5-11(19)16(15(13)25)31(20,27)28/h6-9,11-12,25H,4-5H2,1-3H3,(H,21,23)(H,22,24)(H2,20,27,28)/t11?,12-,30?/m1/s1. The Hall–Kier alpha value is -2.12. The highest BCUT2D eigenvalue weighted by Crippen LogP contribution is 2.31. The van der Waals surface area contributed by atoms with E-state index in [0.717, 1.165) is 5.56 Å². The van der Waals surface area contributed by atoms with Crippen LogP contribution in [0.3, 0.4) is 0 Å². The van der Waals surface area contributed by atoms with Crippen LogP contribution in [0.4, 0.5) is 5.82 Å². The molecule has 3 rings (SSSR count). The molecule has 10 nitrogen and oxygen atoms in total. The molecule has 1 aliphatic carbocycles. The second-order valence-corrected chi connectivity index (χ2v) is 10.3. The molecule has 3 atom stereocenters. The van der Waals surface area contributed by atoms with Crippen LogP contribution < -0.4 is 15.9 Å². The Morgan fingerprint density at radius 3 is 2.84 bits per heavy atom. The van der Waals surface area contributed by atoms with Gasteiger partial charge in [-0.25, -0.2) is 18.5 Å². The maximum Gasteiger partial charge on any atom is 0.239 e. The van der Waals surface area contributed by atoms with Gasteiger partial charge in [0, 0.05) is 4.37 Å². The maximum atomic E-state index is 12.0. The number of aliphatic hydroxyl groups is 1. The second kappa shape index (κ2) is 9.17. The number of hydrogen-bond donors (Lipinski definition) is 4. The minimum absolute atomic E-state index is 0.0289. The zero-order valence-electron chi connectivity index (χ0n) is 17.1. The van der Waals surface area contributed by atoms with Gasteiger partial charge in [0.1, 0.15) is 16.7 Å². The molecule has 0 saturated carbocycles. The lowest BCUT2D eigenvalue weighted by Gasteiger charge is -2.20. The molecule has 2 unspecified atom stereocenters. The van der Waals surface area contributed by atoms with E-state index in [9.17, 15) is 18.1 Å². The van der Waals surface area contributed by atoms with Crippen LogP contribution in [-0.2, 0) is 10.0 Å². The first-order chi connectivity index (χ1) is 14.5. The number of aliphatic hydroxyl groups excluding tert-OH is 1. The van der Waals surface area contributed by atoms with Crippen molar-refractivity contribution in [3.63, 3.8) is 0 Å². The SMILES string of the molecule is CC[C@@H](N=c1[nH][s+]([O-])nc1NC1=CCC(Cl)C(S(N)(=O)=O)=C1O)c1cc(C(C)C)co1. The van der Waals surface area contributed by atoms with Gasteiger partial charge in [0.2, 0.25) is 21.3 Å². The number of rotatable bonds is 7. The van der Waals surface area contributed by atoms with Gasteiger partial charge in [0.25, 0.3) is 0 Å². The van der Waals surface area contributed by atoms with Crippen molar-refractivity contribution >= 4 is 38.6 Å². The van der Waals surface area contributed by atoms with Crippen LogP contribution in [0.15, 0.2) is 44.2 Å². The van der Waals surface area contributed by atoms with Gasteiger partial charge in [-0.2, -0.15) is 0 Å². The Morgan fingerprint density at radius 2 is 2.26 bits per heavy atom. The van der Waals surface area contributed by atoms with E-state index in [1.54, 1.807) is 6.26 Å². The van der Waals surface area contributed by atoms with Gasteiger partial charge in [0.15, 0.2) is 16.9 Å². The molecule has 2 heterocycles. The highest BCUT2D eigenvalue weighted by molar-refractivity contribution is 7.93. The zero-order chi connectivity index (χ0) is 22.9. The molecule has 1 aliphatic rings. The molecule has 5 N–H and O–H groups in total. The molecule has 0 fully saturated rings. The molecule has 0 bridgehead atoms. The maximum absolute atomic E-state index is 12.0. The number of nitrogens with zero attached hydrogens (tertiary/aromatic N) is 2. The van der Waals surface area contributed by atoms with Gasteiger partial charge >= 0.3 is 0 Å². The van der Waals surface area contributed by atoms with Crippen molar-refractivity contribution < 1.29 is 22.5 Å². The van der Waals surface area contributed by atoms with Crippen LogP contribution in [0.1, 0.15) is 56.9 Å². The number of aromatic amines is 1. The number of sulfonamides is 1. The van der Waals surface area contributed by atoms with Crippen molar-refractivity contribution in [3.05, 3.63) is 51.6 Å². The fraction of sp³-hybridized carbons (Fsp3) is 0.444. The van der Waals surface area contributed by atoms with Crippen LogP contribution in [0.25, 0.3) is 0 Å². The summed E-state index contributed by atoms with van der Waals surface area (Å²) in [6, 6.07) is 1.56. The number of hydrogen-bond acceptors (Lipinski definition) is 8. The molecule has 0 aromatic carbocycles. The van der Waals surface area contributed by atoms with E-state index in [1.165, 1.54) is 6.08 Å². The lowest BCUT2D eigenvalue weighted by molar-refractivity contribution is 0.415. The third kappa shape index (κ3) is 5.21. The van der Waals surface area contributed by atoms with Crippen molar-refractivity contribution in [3.8, 4) is 0 Å². The second-order valence-electron chi connectivity index (χ2n) is 7.33. The van der Waals surface area contributed by atoms with Crippen LogP contribution in [0.5, 0.6) is 0 Å². The zero-order valence-corrected chi connectivity index (χ0v) is 19.5. The van der Waals surface area contributed by atoms with E-state index < -0.39 is 37.2 Å². The number of nitrogens with one attached hydrogen (secondary N) is 2. The van der Waals surface area contributed by atoms with E-state index >= 15 is 0 Å². The molecule has 2 aromatic rings. The summed E-state index contributed by atoms with van der Waals surface area (Å²) in [5.74, 6) is 0.407. The number of primary sulfonamides is 1. The van der Waals surface area contributed by atoms with Gasteiger partial charge < -0.3 is 19.4 Å². The van der Waals surface area contributed by atoms with Crippen molar-refractivity contribution in [2.24, 2.45) is 10.1 Å². The van der Waals surface area contributed by atoms with Crippen LogP contribution in [-0.4, -0.2) is 32.2 Å². The average molecular weight is 490 g/mol. The number of furan rings is 1. The minimum atomic E-state index is -4.22. The summed E-state index contributed by atoms with van der Waals surface area (Å²) in [4.78, 5) is 4.08. The Morgan fingerprint density at radius 1 is 1.55 bits per heavy atom. The van der Waals surface area contributed by atoms with E-state index in [-0.39, 0.29) is 29.5 Å². The average Bonchev–Trinajstić information content (AvgIpc) is 3.28. The lowest BCUT2D eigenvalue weighted by atomic mass is 10.1. The van der Waals surface area contributed by atoms with Crippen molar-refractivity contribution in [1.29, 1.82) is 0 Å². The summed E-state index contributed by atoms with van der Waals surface area (Å²) >= 11 is 4.21. The Labute approximate surface area is 187 Å². The van der Waals surface area contributed by atoms with Crippen LogP contribution in [0, 0.1) is 0 Å². The summed E-state index contributed by atoms with van der Waals surface area (Å²) in [5, 5.41) is 17.4. The van der Waals surface area contributed by atoms with Gasteiger partial charge in [-0.1, -0.05) is 26.8 Å². The van der Waals surface area contributed by atoms with Gasteiger partial charge in [-0.05, 0) is 30.4 Å². The monoisotopic (exact) mass is 489 g/mol. The summed E-state index contributed by atoms with van der Waals surface area (Å²) in [6.45, 7) is 6.04. The molecule has 0 amide bonds. The van der Waals surface area contributed by atoms with Gasteiger partial charge in [-0.3, -0.25) is 0 Å². The first-order valence-electron chi connectivity index (χ1n) is 9.52. The topological polar surface area (TPSA) is 170 Å². The molecule has 13 heteroatoms. The molecule has 0 radical (unpaired) electrons. The van der Waals surface area contributed by atoms with E-state index in [2.05, 4.69) is 32.9 Å². The summed E-state index contributed by atoms with van der Waals surface area (Å²) in [7, 11) is -4.22. The van der Waals surface area contributed by atoms with Crippen molar-refractivity contribution in [2.45, 2.75) is 50.9 Å². The van der Waals surface area contributed by atoms with Crippen LogP contribution in [0.2, 0.25) is 0 Å². The number of aromatic nitrogens is 2. The third-order valence-corrected chi connectivity index (χ3v) is 7.08. The first kappa shape index (κ1) is 23.5. The molecule has 170 valence electrons. The van der Waals surface area contributed by atoms with Gasteiger partial charge in [-0.15, -0.1) is 16.0 Å². The van der Waals surface area contributed by atoms with Crippen LogP contribution >= 0.6 is 22.7 Å². The number of H-pyrrole nitrogens is 1. The quantitative estimate of drug-likeness (QED) is 0.341. The number of anilines is 1. The highest BCUT2D eigenvalue weighted by Gasteiger charge is 2.31. The predicted octanol–water partition coefficient (Wildman–Crippen LogP) is 3.27. The molecular formula is C18H24ClN5O5S2. The molecule has 31 heavy (non-hydrogen) atoms. The van der Waals surface area contributed by atoms with Gasteiger partial charge in [0.05, 0.1) is 17.3 Å². The highest BCUT2D eigenvalue weighted by atomic mass is 35.5. The number of allylic oxidation sites excluding steroid dienone is 2. The summed E-state index contributed by atoms with van der Waals surface area (Å²) in [5.41, 5.74) is 1.25. The Kier molecular flexibility index (Phi) is 6.96. The third-order valence-electron chi connectivity index (χ3n) is 4.75. The molecule has 2 aromatic heterocycles. The predicted molar refractivity (Wildman–Crippen MR) is 117 cm³/mol. The molecule has 0 saturated heterocycles. The minimum Gasteiger partial charge on any atom is -0.548 e. The normalized spacial score (nSPS) is 19.7. The van der Waals surface area contributed by atoms with Crippen molar-refractivity contribution in [1.82, 2.24) is 8.75 Å².